The maximum Gasteiger partial charge on any atom is 0.101 e. The molecule has 1 aromatic rings. The van der Waals surface area contributed by atoms with Gasteiger partial charge in [0.1, 0.15) is 10.0 Å². The van der Waals surface area contributed by atoms with Crippen molar-refractivity contribution in [2.24, 2.45) is 0 Å². The largest absolute Gasteiger partial charge is 0.547 e. The number of hydrogen-bond donors (Lipinski definition) is 0. The molecule has 0 aromatic heterocycles. The molecular formula is C8H10INO2SY-2. The average molecular weight is 400 g/mol. The minimum atomic E-state index is -3.39. The standard InChI is InChI=1S/C7H7INO2S.CH3.Y/c1-9-12(10,11)7-4-2-6(8)3-5-7;;/h2-5H,1H3;1H3;/q2*-1;. The zero-order valence-corrected chi connectivity index (χ0v) is 13.7. The summed E-state index contributed by atoms with van der Waals surface area (Å²) < 4.78 is 26.6. The molecule has 6 heteroatoms. The van der Waals surface area contributed by atoms with E-state index in [0.717, 1.165) is 3.57 Å². The fourth-order valence-electron chi connectivity index (χ4n) is 0.712. The normalized spacial score (nSPS) is 9.86. The maximum atomic E-state index is 11.1. The summed E-state index contributed by atoms with van der Waals surface area (Å²) in [4.78, 5) is 0.241. The number of hydrogen-bond acceptors (Lipinski definition) is 2. The predicted octanol–water partition coefficient (Wildman–Crippen LogP) is 2.43. The third kappa shape index (κ3) is 4.66. The van der Waals surface area contributed by atoms with Gasteiger partial charge >= 0.3 is 0 Å². The van der Waals surface area contributed by atoms with Crippen LogP contribution in [0.2, 0.25) is 0 Å². The second-order valence-electron chi connectivity index (χ2n) is 2.11. The third-order valence-corrected chi connectivity index (χ3v) is 3.42. The van der Waals surface area contributed by atoms with E-state index in [-0.39, 0.29) is 45.0 Å². The van der Waals surface area contributed by atoms with Crippen molar-refractivity contribution in [3.05, 3.63) is 40.0 Å². The summed E-state index contributed by atoms with van der Waals surface area (Å²) in [5.74, 6) is 0. The van der Waals surface area contributed by atoms with Gasteiger partial charge in [-0.15, -0.1) is 0 Å². The molecule has 0 aliphatic rings. The van der Waals surface area contributed by atoms with Gasteiger partial charge in [0.05, 0.1) is 0 Å². The van der Waals surface area contributed by atoms with Gasteiger partial charge in [-0.25, -0.2) is 8.42 Å². The smallest absolute Gasteiger partial charge is 0.101 e. The maximum absolute atomic E-state index is 11.1. The third-order valence-electron chi connectivity index (χ3n) is 1.35. The topological polar surface area (TPSA) is 48.2 Å². The molecule has 0 unspecified atom stereocenters. The zero-order chi connectivity index (χ0) is 9.19. The molecule has 1 rings (SSSR count). The van der Waals surface area contributed by atoms with Crippen LogP contribution in [0.4, 0.5) is 0 Å². The van der Waals surface area contributed by atoms with Gasteiger partial charge in [-0.1, -0.05) is 0 Å². The number of halogens is 1. The van der Waals surface area contributed by atoms with Gasteiger partial charge in [-0.3, -0.25) is 0 Å². The van der Waals surface area contributed by atoms with E-state index in [1.807, 2.05) is 0 Å². The Balaban J connectivity index is 0. The van der Waals surface area contributed by atoms with Crippen molar-refractivity contribution in [3.63, 3.8) is 0 Å². The quantitative estimate of drug-likeness (QED) is 0.566. The first-order chi connectivity index (χ1) is 5.56. The molecule has 0 atom stereocenters. The van der Waals surface area contributed by atoms with E-state index in [9.17, 15) is 8.42 Å². The second-order valence-corrected chi connectivity index (χ2v) is 5.14. The van der Waals surface area contributed by atoms with Crippen molar-refractivity contribution in [2.75, 3.05) is 7.05 Å². The van der Waals surface area contributed by atoms with Crippen molar-refractivity contribution >= 4 is 32.6 Å². The summed E-state index contributed by atoms with van der Waals surface area (Å²) in [7, 11) is -2.12. The van der Waals surface area contributed by atoms with E-state index in [1.165, 1.54) is 7.05 Å². The minimum Gasteiger partial charge on any atom is -0.547 e. The number of benzene rings is 1. The average Bonchev–Trinajstić information content (AvgIpc) is 2.05. The zero-order valence-electron chi connectivity index (χ0n) is 7.94. The Morgan fingerprint density at radius 2 is 1.64 bits per heavy atom. The molecule has 1 aromatic carbocycles. The molecule has 0 bridgehead atoms. The molecule has 3 nitrogen and oxygen atoms in total. The molecule has 0 N–H and O–H groups in total. The van der Waals surface area contributed by atoms with Crippen LogP contribution in [0.3, 0.4) is 0 Å². The van der Waals surface area contributed by atoms with Crippen molar-refractivity contribution in [1.29, 1.82) is 0 Å². The molecule has 0 fully saturated rings. The monoisotopic (exact) mass is 400 g/mol. The van der Waals surface area contributed by atoms with Crippen LogP contribution in [0.5, 0.6) is 0 Å². The molecular weight excluding hydrogens is 390 g/mol. The van der Waals surface area contributed by atoms with Crippen LogP contribution in [0.15, 0.2) is 29.2 Å². The van der Waals surface area contributed by atoms with Gasteiger partial charge in [0.2, 0.25) is 0 Å². The second kappa shape index (κ2) is 7.27. The predicted molar refractivity (Wildman–Crippen MR) is 62.0 cm³/mol. The Hall–Kier alpha value is 0.964. The molecule has 0 spiro atoms. The van der Waals surface area contributed by atoms with Crippen LogP contribution in [0, 0.1) is 11.0 Å². The van der Waals surface area contributed by atoms with Gasteiger partial charge in [0, 0.05) is 41.2 Å². The van der Waals surface area contributed by atoms with Gasteiger partial charge in [0.15, 0.2) is 0 Å². The first-order valence-electron chi connectivity index (χ1n) is 3.18. The van der Waals surface area contributed by atoms with E-state index < -0.39 is 10.0 Å². The molecule has 77 valence electrons. The van der Waals surface area contributed by atoms with Crippen molar-refractivity contribution in [3.8, 4) is 0 Å². The van der Waals surface area contributed by atoms with Gasteiger partial charge in [0.25, 0.3) is 0 Å². The Morgan fingerprint density at radius 3 is 2.00 bits per heavy atom. The Kier molecular flexibility index (Phi) is 9.02. The van der Waals surface area contributed by atoms with E-state index in [1.54, 1.807) is 24.3 Å². The Morgan fingerprint density at radius 1 is 1.21 bits per heavy atom. The Labute approximate surface area is 124 Å². The van der Waals surface area contributed by atoms with Crippen LogP contribution in [0.1, 0.15) is 0 Å². The van der Waals surface area contributed by atoms with Gasteiger partial charge in [-0.05, 0) is 46.9 Å². The van der Waals surface area contributed by atoms with Gasteiger partial charge < -0.3 is 12.1 Å². The summed E-state index contributed by atoms with van der Waals surface area (Å²) in [5.41, 5.74) is 0. The van der Waals surface area contributed by atoms with Crippen LogP contribution in [0.25, 0.3) is 4.72 Å². The molecule has 0 saturated heterocycles. The van der Waals surface area contributed by atoms with Crippen molar-refractivity contribution in [2.45, 2.75) is 4.90 Å². The minimum absolute atomic E-state index is 0. The summed E-state index contributed by atoms with van der Waals surface area (Å²) in [6.45, 7) is 0. The van der Waals surface area contributed by atoms with Crippen LogP contribution < -0.4 is 0 Å². The molecule has 0 aliphatic heterocycles. The SMILES string of the molecule is C[N-]S(=O)(=O)c1ccc(I)cc1.[CH3-].[Y]. The van der Waals surface area contributed by atoms with Crippen LogP contribution in [-0.2, 0) is 42.7 Å². The fourth-order valence-corrected chi connectivity index (χ4v) is 1.76. The Bertz CT molecular complexity index is 363. The fraction of sp³-hybridized carbons (Fsp3) is 0.125. The van der Waals surface area contributed by atoms with E-state index >= 15 is 0 Å². The van der Waals surface area contributed by atoms with E-state index in [4.69, 9.17) is 0 Å². The van der Waals surface area contributed by atoms with Gasteiger partial charge in [-0.2, -0.15) is 7.05 Å². The molecule has 14 heavy (non-hydrogen) atoms. The summed E-state index contributed by atoms with van der Waals surface area (Å²) in [6.07, 6.45) is 0. The number of rotatable bonds is 2. The first kappa shape index (κ1) is 17.4. The van der Waals surface area contributed by atoms with E-state index in [2.05, 4.69) is 27.3 Å². The number of sulfonamides is 1. The molecule has 0 amide bonds. The summed E-state index contributed by atoms with van der Waals surface area (Å²) >= 11 is 2.11. The molecule has 0 saturated carbocycles. The molecule has 1 radical (unpaired) electrons. The number of nitrogens with zero attached hydrogens (tertiary/aromatic N) is 1. The van der Waals surface area contributed by atoms with Crippen LogP contribution >= 0.6 is 22.6 Å². The molecule has 0 aliphatic carbocycles. The summed E-state index contributed by atoms with van der Waals surface area (Å²) in [5, 5.41) is 0. The summed E-state index contributed by atoms with van der Waals surface area (Å²) in [6, 6.07) is 6.56. The van der Waals surface area contributed by atoms with Crippen molar-refractivity contribution in [1.82, 2.24) is 0 Å². The van der Waals surface area contributed by atoms with E-state index in [0.29, 0.717) is 0 Å². The first-order valence-corrected chi connectivity index (χ1v) is 5.70. The van der Waals surface area contributed by atoms with Crippen LogP contribution in [-0.4, -0.2) is 15.5 Å². The van der Waals surface area contributed by atoms with Crippen molar-refractivity contribution < 1.29 is 41.1 Å². The molecule has 0 heterocycles.